The molecule has 1 aromatic carbocycles. The fourth-order valence-electron chi connectivity index (χ4n) is 2.03. The van der Waals surface area contributed by atoms with Crippen molar-refractivity contribution < 1.29 is 14.3 Å². The molecule has 0 unspecified atom stereocenters. The van der Waals surface area contributed by atoms with Gasteiger partial charge < -0.3 is 4.74 Å². The number of hydrogen-bond donors (Lipinski definition) is 0. The lowest BCUT2D eigenvalue weighted by atomic mass is 10.2. The van der Waals surface area contributed by atoms with Crippen molar-refractivity contribution in [2.24, 2.45) is 5.18 Å². The Labute approximate surface area is 132 Å². The molecule has 0 saturated carbocycles. The number of alkyl halides is 1. The van der Waals surface area contributed by atoms with Crippen molar-refractivity contribution in [2.45, 2.75) is 16.8 Å². The van der Waals surface area contributed by atoms with E-state index >= 15 is 0 Å². The zero-order valence-electron chi connectivity index (χ0n) is 10.6. The van der Waals surface area contributed by atoms with E-state index in [0.717, 1.165) is 5.56 Å². The van der Waals surface area contributed by atoms with Gasteiger partial charge in [-0.05, 0) is 22.9 Å². The van der Waals surface area contributed by atoms with Crippen LogP contribution in [0.1, 0.15) is 5.56 Å². The van der Waals surface area contributed by atoms with Crippen molar-refractivity contribution in [3.8, 4) is 0 Å². The highest BCUT2D eigenvalue weighted by molar-refractivity contribution is 9.10. The molecule has 2 heterocycles. The number of halogens is 1. The van der Waals surface area contributed by atoms with Gasteiger partial charge in [-0.15, -0.1) is 16.7 Å². The first-order valence-electron chi connectivity index (χ1n) is 6.04. The molecule has 0 aromatic heterocycles. The van der Waals surface area contributed by atoms with Crippen molar-refractivity contribution >= 4 is 45.3 Å². The number of fused-ring (bicyclic) bond motifs is 1. The van der Waals surface area contributed by atoms with E-state index in [0.29, 0.717) is 5.69 Å². The van der Waals surface area contributed by atoms with Crippen molar-refractivity contribution in [2.75, 3.05) is 0 Å². The first kappa shape index (κ1) is 14.3. The molecule has 1 amide bonds. The van der Waals surface area contributed by atoms with Crippen molar-refractivity contribution in [1.82, 2.24) is 4.90 Å². The zero-order chi connectivity index (χ0) is 15.0. The first-order chi connectivity index (χ1) is 10.1. The number of thioether (sulfide) groups is 1. The van der Waals surface area contributed by atoms with Gasteiger partial charge in [0, 0.05) is 5.41 Å². The van der Waals surface area contributed by atoms with E-state index in [1.54, 1.807) is 29.7 Å². The van der Waals surface area contributed by atoms with E-state index in [-0.39, 0.29) is 28.4 Å². The molecule has 1 fully saturated rings. The van der Waals surface area contributed by atoms with Crippen LogP contribution in [0.2, 0.25) is 0 Å². The number of carbonyl (C=O) groups excluding carboxylic acids is 2. The van der Waals surface area contributed by atoms with Crippen LogP contribution in [-0.4, -0.2) is 27.0 Å². The third-order valence-corrected chi connectivity index (χ3v) is 5.54. The molecule has 0 aliphatic carbocycles. The summed E-state index contributed by atoms with van der Waals surface area (Å²) in [5.41, 5.74) is 1.33. The number of nitroso groups, excluding NO2 is 1. The number of nitrogens with zero attached hydrogens (tertiary/aromatic N) is 2. The van der Waals surface area contributed by atoms with E-state index in [9.17, 15) is 14.5 Å². The number of esters is 1. The molecule has 2 aliphatic heterocycles. The Morgan fingerprint density at radius 2 is 2.10 bits per heavy atom. The Hall–Kier alpha value is -1.67. The van der Waals surface area contributed by atoms with E-state index in [4.69, 9.17) is 4.74 Å². The summed E-state index contributed by atoms with van der Waals surface area (Å²) in [5.74, 6) is -0.662. The number of amides is 1. The monoisotopic (exact) mass is 368 g/mol. The average molecular weight is 369 g/mol. The highest BCUT2D eigenvalue weighted by Crippen LogP contribution is 2.44. The summed E-state index contributed by atoms with van der Waals surface area (Å²) in [6.45, 7) is 0.0738. The minimum absolute atomic E-state index is 0.0574. The van der Waals surface area contributed by atoms with Gasteiger partial charge >= 0.3 is 5.97 Å². The minimum atomic E-state index is -0.532. The van der Waals surface area contributed by atoms with Crippen LogP contribution in [-0.2, 0) is 20.9 Å². The molecule has 1 aromatic rings. The maximum absolute atomic E-state index is 12.0. The lowest BCUT2D eigenvalue weighted by Crippen LogP contribution is -2.58. The molecule has 1 saturated heterocycles. The van der Waals surface area contributed by atoms with Gasteiger partial charge in [-0.2, -0.15) is 0 Å². The van der Waals surface area contributed by atoms with Crippen LogP contribution in [0, 0.1) is 4.91 Å². The van der Waals surface area contributed by atoms with Crippen LogP contribution in [0.25, 0.3) is 0 Å². The van der Waals surface area contributed by atoms with E-state index in [2.05, 4.69) is 21.1 Å². The number of ether oxygens (including phenoxy) is 1. The maximum atomic E-state index is 12.0. The fraction of sp³-hybridized carbons (Fsp3) is 0.231. The summed E-state index contributed by atoms with van der Waals surface area (Å²) >= 11 is 4.68. The molecular formula is C13H9BrN2O4S. The zero-order valence-corrected chi connectivity index (χ0v) is 13.0. The minimum Gasteiger partial charge on any atom is -0.456 e. The second-order valence-electron chi connectivity index (χ2n) is 4.47. The summed E-state index contributed by atoms with van der Waals surface area (Å²) in [7, 11) is 0. The van der Waals surface area contributed by atoms with E-state index in [1.807, 2.05) is 0 Å². The van der Waals surface area contributed by atoms with Gasteiger partial charge in [-0.25, -0.2) is 4.79 Å². The fourth-order valence-corrected chi connectivity index (χ4v) is 3.93. The second-order valence-corrected chi connectivity index (χ2v) is 6.45. The number of β-lactam (4-membered cyclic amide) rings is 1. The van der Waals surface area contributed by atoms with Crippen LogP contribution < -0.4 is 0 Å². The van der Waals surface area contributed by atoms with Gasteiger partial charge in [0.25, 0.3) is 0 Å². The van der Waals surface area contributed by atoms with Gasteiger partial charge in [0.2, 0.25) is 5.91 Å². The summed E-state index contributed by atoms with van der Waals surface area (Å²) in [6.07, 6.45) is 0. The van der Waals surface area contributed by atoms with Crippen LogP contribution in [0.4, 0.5) is 5.69 Å². The molecule has 21 heavy (non-hydrogen) atoms. The Balaban J connectivity index is 1.59. The van der Waals surface area contributed by atoms with Crippen LogP contribution >= 0.6 is 27.7 Å². The summed E-state index contributed by atoms with van der Waals surface area (Å²) in [4.78, 5) is 35.2. The summed E-state index contributed by atoms with van der Waals surface area (Å²) in [5, 5.41) is 4.38. The first-order valence-corrected chi connectivity index (χ1v) is 7.90. The molecule has 108 valence electrons. The molecule has 6 nitrogen and oxygen atoms in total. The normalized spacial score (nSPS) is 23.2. The highest BCUT2D eigenvalue weighted by Gasteiger charge is 2.52. The maximum Gasteiger partial charge on any atom is 0.355 e. The quantitative estimate of drug-likeness (QED) is 0.353. The number of carbonyl (C=O) groups is 2. The molecule has 2 aliphatic rings. The Morgan fingerprint density at radius 3 is 2.76 bits per heavy atom. The van der Waals surface area contributed by atoms with E-state index < -0.39 is 5.97 Å². The largest absolute Gasteiger partial charge is 0.456 e. The lowest BCUT2D eigenvalue weighted by Gasteiger charge is -2.39. The van der Waals surface area contributed by atoms with Gasteiger partial charge in [0.05, 0.1) is 0 Å². The van der Waals surface area contributed by atoms with E-state index in [1.165, 1.54) is 16.7 Å². The van der Waals surface area contributed by atoms with Crippen molar-refractivity contribution in [3.05, 3.63) is 45.8 Å². The molecular weight excluding hydrogens is 360 g/mol. The van der Waals surface area contributed by atoms with Crippen LogP contribution in [0.5, 0.6) is 0 Å². The molecule has 3 rings (SSSR count). The number of hydrogen-bond acceptors (Lipinski definition) is 6. The third-order valence-electron chi connectivity index (χ3n) is 3.18. The Kier molecular flexibility index (Phi) is 3.81. The predicted molar refractivity (Wildman–Crippen MR) is 80.7 cm³/mol. The van der Waals surface area contributed by atoms with Crippen molar-refractivity contribution in [1.29, 1.82) is 0 Å². The summed E-state index contributed by atoms with van der Waals surface area (Å²) < 4.78 is 5.18. The molecule has 8 heteroatoms. The molecule has 0 radical (unpaired) electrons. The number of benzene rings is 1. The van der Waals surface area contributed by atoms with Gasteiger partial charge in [0.15, 0.2) is 0 Å². The molecule has 2 atom stereocenters. The predicted octanol–water partition coefficient (Wildman–Crippen LogP) is 2.65. The van der Waals surface area contributed by atoms with Crippen LogP contribution in [0.3, 0.4) is 0 Å². The van der Waals surface area contributed by atoms with Gasteiger partial charge in [-0.1, -0.05) is 28.1 Å². The average Bonchev–Trinajstić information content (AvgIpc) is 2.93. The Bertz CT molecular complexity index is 646. The van der Waals surface area contributed by atoms with Crippen LogP contribution in [0.15, 0.2) is 40.5 Å². The third kappa shape index (κ3) is 2.49. The molecule has 0 N–H and O–H groups in total. The topological polar surface area (TPSA) is 76.0 Å². The standard InChI is InChI=1S/C13H9BrN2O4S/c14-10-11(17)16-9(6-21-12(10)16)13(18)20-5-7-1-3-8(15-19)4-2-7/h1-4,6,10,12H,5H2/t10-,12+/m0/s1. The lowest BCUT2D eigenvalue weighted by molar-refractivity contribution is -0.148. The van der Waals surface area contributed by atoms with Gasteiger partial charge in [-0.3, -0.25) is 9.69 Å². The molecule has 0 spiro atoms. The summed E-state index contributed by atoms with van der Waals surface area (Å²) in [6, 6.07) is 6.42. The highest BCUT2D eigenvalue weighted by atomic mass is 79.9. The van der Waals surface area contributed by atoms with Gasteiger partial charge in [0.1, 0.15) is 28.2 Å². The second kappa shape index (κ2) is 5.61. The smallest absolute Gasteiger partial charge is 0.355 e. The molecule has 0 bridgehead atoms. The SMILES string of the molecule is O=Nc1ccc(COC(=O)C2=CS[C@@H]3[C@@H](Br)C(=O)N23)cc1. The number of rotatable bonds is 4. The Morgan fingerprint density at radius 1 is 1.38 bits per heavy atom. The van der Waals surface area contributed by atoms with Crippen molar-refractivity contribution in [3.63, 3.8) is 0 Å².